The first-order valence-corrected chi connectivity index (χ1v) is 7.22. The Labute approximate surface area is 138 Å². The SMILES string of the molecule is O=C(O)c1cc(Cl)c(NC(=O)c2ccc(Br)cc2)c(Cl)c1. The van der Waals surface area contributed by atoms with Gasteiger partial charge in [-0.15, -0.1) is 0 Å². The van der Waals surface area contributed by atoms with Crippen molar-refractivity contribution in [2.45, 2.75) is 0 Å². The van der Waals surface area contributed by atoms with Gasteiger partial charge < -0.3 is 10.4 Å². The topological polar surface area (TPSA) is 66.4 Å². The number of halogens is 3. The molecule has 4 nitrogen and oxygen atoms in total. The third-order valence-corrected chi connectivity index (χ3v) is 3.76. The molecule has 0 aliphatic carbocycles. The van der Waals surface area contributed by atoms with E-state index in [0.717, 1.165) is 4.47 Å². The second-order valence-corrected chi connectivity index (χ2v) is 5.81. The highest BCUT2D eigenvalue weighted by Gasteiger charge is 2.15. The van der Waals surface area contributed by atoms with Crippen LogP contribution >= 0.6 is 39.1 Å². The maximum absolute atomic E-state index is 12.1. The zero-order chi connectivity index (χ0) is 15.6. The average Bonchev–Trinajstić information content (AvgIpc) is 2.43. The van der Waals surface area contributed by atoms with Gasteiger partial charge in [-0.1, -0.05) is 39.1 Å². The molecular formula is C14H8BrCl2NO3. The molecule has 0 unspecified atom stereocenters. The number of amides is 1. The summed E-state index contributed by atoms with van der Waals surface area (Å²) in [4.78, 5) is 23.0. The van der Waals surface area contributed by atoms with Gasteiger partial charge in [0.25, 0.3) is 5.91 Å². The molecule has 0 atom stereocenters. The van der Waals surface area contributed by atoms with Crippen molar-refractivity contribution in [3.63, 3.8) is 0 Å². The number of carbonyl (C=O) groups is 2. The lowest BCUT2D eigenvalue weighted by molar-refractivity contribution is 0.0696. The monoisotopic (exact) mass is 387 g/mol. The van der Waals surface area contributed by atoms with Crippen LogP contribution in [0.5, 0.6) is 0 Å². The minimum absolute atomic E-state index is 0.0494. The van der Waals surface area contributed by atoms with E-state index in [2.05, 4.69) is 21.2 Å². The zero-order valence-electron chi connectivity index (χ0n) is 10.4. The quantitative estimate of drug-likeness (QED) is 0.800. The molecule has 2 aromatic carbocycles. The van der Waals surface area contributed by atoms with E-state index in [9.17, 15) is 9.59 Å². The molecule has 2 rings (SSSR count). The largest absolute Gasteiger partial charge is 0.478 e. The summed E-state index contributed by atoms with van der Waals surface area (Å²) in [5.41, 5.74) is 0.551. The number of hydrogen-bond acceptors (Lipinski definition) is 2. The van der Waals surface area contributed by atoms with Gasteiger partial charge in [0, 0.05) is 10.0 Å². The van der Waals surface area contributed by atoms with Crippen molar-refractivity contribution >= 4 is 56.7 Å². The molecule has 108 valence electrons. The minimum Gasteiger partial charge on any atom is -0.478 e. The molecule has 0 spiro atoms. The summed E-state index contributed by atoms with van der Waals surface area (Å²) in [6.45, 7) is 0. The van der Waals surface area contributed by atoms with Crippen LogP contribution in [0.25, 0.3) is 0 Å². The normalized spacial score (nSPS) is 10.2. The predicted octanol–water partition coefficient (Wildman–Crippen LogP) is 4.71. The third kappa shape index (κ3) is 3.75. The molecule has 2 aromatic rings. The second kappa shape index (κ2) is 6.47. The van der Waals surface area contributed by atoms with E-state index in [1.807, 2.05) is 0 Å². The van der Waals surface area contributed by atoms with E-state index < -0.39 is 11.9 Å². The molecule has 0 aliphatic heterocycles. The highest BCUT2D eigenvalue weighted by Crippen LogP contribution is 2.32. The van der Waals surface area contributed by atoms with Gasteiger partial charge in [-0.3, -0.25) is 4.79 Å². The summed E-state index contributed by atoms with van der Waals surface area (Å²) in [5.74, 6) is -1.54. The first-order chi connectivity index (χ1) is 9.88. The van der Waals surface area contributed by atoms with Crippen molar-refractivity contribution in [2.24, 2.45) is 0 Å². The molecule has 1 amide bonds. The van der Waals surface area contributed by atoms with Crippen LogP contribution in [0.2, 0.25) is 10.0 Å². The van der Waals surface area contributed by atoms with E-state index in [1.54, 1.807) is 24.3 Å². The van der Waals surface area contributed by atoms with Crippen LogP contribution in [0, 0.1) is 0 Å². The van der Waals surface area contributed by atoms with Crippen LogP contribution in [0.3, 0.4) is 0 Å². The van der Waals surface area contributed by atoms with Gasteiger partial charge in [0.1, 0.15) is 0 Å². The highest BCUT2D eigenvalue weighted by molar-refractivity contribution is 9.10. The Bertz CT molecular complexity index is 694. The fraction of sp³-hybridized carbons (Fsp3) is 0. The van der Waals surface area contributed by atoms with Crippen LogP contribution in [0.4, 0.5) is 5.69 Å². The van der Waals surface area contributed by atoms with Crippen molar-refractivity contribution < 1.29 is 14.7 Å². The van der Waals surface area contributed by atoms with Crippen molar-refractivity contribution in [3.8, 4) is 0 Å². The first kappa shape index (κ1) is 15.8. The third-order valence-electron chi connectivity index (χ3n) is 2.63. The summed E-state index contributed by atoms with van der Waals surface area (Å²) >= 11 is 15.2. The maximum atomic E-state index is 12.1. The zero-order valence-corrected chi connectivity index (χ0v) is 13.5. The van der Waals surface area contributed by atoms with Gasteiger partial charge >= 0.3 is 5.97 Å². The summed E-state index contributed by atoms with van der Waals surface area (Å²) in [7, 11) is 0. The molecule has 0 saturated heterocycles. The van der Waals surface area contributed by atoms with Crippen LogP contribution < -0.4 is 5.32 Å². The number of carboxylic acids is 1. The number of aromatic carboxylic acids is 1. The number of benzene rings is 2. The molecule has 0 fully saturated rings. The molecule has 2 N–H and O–H groups in total. The van der Waals surface area contributed by atoms with Crippen molar-refractivity contribution in [1.82, 2.24) is 0 Å². The lowest BCUT2D eigenvalue weighted by atomic mass is 10.2. The lowest BCUT2D eigenvalue weighted by Crippen LogP contribution is -2.13. The highest BCUT2D eigenvalue weighted by atomic mass is 79.9. The van der Waals surface area contributed by atoms with Gasteiger partial charge in [-0.2, -0.15) is 0 Å². The maximum Gasteiger partial charge on any atom is 0.335 e. The van der Waals surface area contributed by atoms with E-state index in [0.29, 0.717) is 5.56 Å². The summed E-state index contributed by atoms with van der Waals surface area (Å²) < 4.78 is 0.848. The Balaban J connectivity index is 2.29. The van der Waals surface area contributed by atoms with Crippen molar-refractivity contribution in [1.29, 1.82) is 0 Å². The van der Waals surface area contributed by atoms with Crippen molar-refractivity contribution in [3.05, 3.63) is 62.0 Å². The fourth-order valence-electron chi connectivity index (χ4n) is 1.60. The molecule has 0 radical (unpaired) electrons. The van der Waals surface area contributed by atoms with Crippen LogP contribution in [-0.4, -0.2) is 17.0 Å². The van der Waals surface area contributed by atoms with Crippen molar-refractivity contribution in [2.75, 3.05) is 5.32 Å². The van der Waals surface area contributed by atoms with Crippen LogP contribution in [-0.2, 0) is 0 Å². The first-order valence-electron chi connectivity index (χ1n) is 5.67. The standard InChI is InChI=1S/C14H8BrCl2NO3/c15-9-3-1-7(2-4-9)13(19)18-12-10(16)5-8(14(20)21)6-11(12)17/h1-6H,(H,18,19)(H,20,21). The minimum atomic E-state index is -1.15. The molecular weight excluding hydrogens is 381 g/mol. The Morgan fingerprint density at radius 3 is 2.00 bits per heavy atom. The lowest BCUT2D eigenvalue weighted by Gasteiger charge is -2.10. The Morgan fingerprint density at radius 1 is 1.00 bits per heavy atom. The Hall–Kier alpha value is -1.56. The van der Waals surface area contributed by atoms with Gasteiger partial charge in [-0.05, 0) is 36.4 Å². The summed E-state index contributed by atoms with van der Waals surface area (Å²) in [6.07, 6.45) is 0. The molecule has 7 heteroatoms. The number of nitrogens with one attached hydrogen (secondary N) is 1. The van der Waals surface area contributed by atoms with E-state index in [1.165, 1.54) is 12.1 Å². The van der Waals surface area contributed by atoms with Gasteiger partial charge in [0.05, 0.1) is 21.3 Å². The Morgan fingerprint density at radius 2 is 1.52 bits per heavy atom. The van der Waals surface area contributed by atoms with Gasteiger partial charge in [-0.25, -0.2) is 4.79 Å². The fourth-order valence-corrected chi connectivity index (χ4v) is 2.45. The average molecular weight is 389 g/mol. The Kier molecular flexibility index (Phi) is 4.88. The van der Waals surface area contributed by atoms with E-state index in [-0.39, 0.29) is 21.3 Å². The molecule has 0 aromatic heterocycles. The number of hydrogen-bond donors (Lipinski definition) is 2. The van der Waals surface area contributed by atoms with Gasteiger partial charge in [0.2, 0.25) is 0 Å². The summed E-state index contributed by atoms with van der Waals surface area (Å²) in [5, 5.41) is 11.6. The van der Waals surface area contributed by atoms with E-state index in [4.69, 9.17) is 28.3 Å². The van der Waals surface area contributed by atoms with Crippen LogP contribution in [0.1, 0.15) is 20.7 Å². The molecule has 0 aliphatic rings. The molecule has 0 heterocycles. The number of anilines is 1. The number of carboxylic acid groups (broad SMARTS) is 1. The number of rotatable bonds is 3. The second-order valence-electron chi connectivity index (χ2n) is 4.08. The molecule has 0 saturated carbocycles. The molecule has 21 heavy (non-hydrogen) atoms. The van der Waals surface area contributed by atoms with Gasteiger partial charge in [0.15, 0.2) is 0 Å². The molecule has 0 bridgehead atoms. The number of carbonyl (C=O) groups excluding carboxylic acids is 1. The van der Waals surface area contributed by atoms with Crippen LogP contribution in [0.15, 0.2) is 40.9 Å². The smallest absolute Gasteiger partial charge is 0.335 e. The summed E-state index contributed by atoms with van der Waals surface area (Å²) in [6, 6.07) is 9.18. The van der Waals surface area contributed by atoms with E-state index >= 15 is 0 Å². The predicted molar refractivity (Wildman–Crippen MR) is 85.5 cm³/mol.